The highest BCUT2D eigenvalue weighted by atomic mass is 31.2. The average molecular weight is 620 g/mol. The van der Waals surface area contributed by atoms with Crippen molar-refractivity contribution in [1.29, 1.82) is 0 Å². The van der Waals surface area contributed by atoms with Crippen LogP contribution in [0, 0.1) is 0 Å². The quantitative estimate of drug-likeness (QED) is 0.0254. The second kappa shape index (κ2) is 27.8. The molecule has 0 aliphatic heterocycles. The lowest BCUT2D eigenvalue weighted by atomic mass is 10.1. The van der Waals surface area contributed by atoms with Gasteiger partial charge in [-0.3, -0.25) is 9.36 Å². The molecule has 0 aromatic carbocycles. The second-order valence-corrected chi connectivity index (χ2v) is 13.9. The maximum absolute atomic E-state index is 12.5. The number of allylic oxidation sites excluding steroid dienone is 2. The molecule has 0 N–H and O–H groups in total. The summed E-state index contributed by atoms with van der Waals surface area (Å²) < 4.78 is 34.2. The third kappa shape index (κ3) is 30.7. The number of nitrogens with zero attached hydrogens (tertiary/aromatic N) is 1. The molecule has 0 aromatic rings. The molecule has 2 atom stereocenters. The summed E-state index contributed by atoms with van der Waals surface area (Å²) in [6.45, 7) is 5.34. The molecule has 0 fully saturated rings. The number of quaternary nitrogens is 1. The molecule has 0 saturated heterocycles. The van der Waals surface area contributed by atoms with Crippen molar-refractivity contribution in [3.8, 4) is 0 Å². The van der Waals surface area contributed by atoms with Crippen molar-refractivity contribution < 1.29 is 37.3 Å². The summed E-state index contributed by atoms with van der Waals surface area (Å²) in [7, 11) is 1.35. The van der Waals surface area contributed by atoms with Gasteiger partial charge in [0.1, 0.15) is 19.3 Å². The minimum absolute atomic E-state index is 0.0267. The van der Waals surface area contributed by atoms with Gasteiger partial charge in [-0.15, -0.1) is 0 Å². The van der Waals surface area contributed by atoms with Gasteiger partial charge in [-0.2, -0.15) is 0 Å². The number of hydrogen-bond donors (Lipinski definition) is 0. The van der Waals surface area contributed by atoms with Crippen LogP contribution in [-0.4, -0.2) is 70.7 Å². The molecule has 0 bridgehead atoms. The third-order valence-electron chi connectivity index (χ3n) is 7.07. The molecule has 0 aliphatic rings. The van der Waals surface area contributed by atoms with Crippen molar-refractivity contribution in [2.24, 2.45) is 0 Å². The fourth-order valence-corrected chi connectivity index (χ4v) is 5.09. The van der Waals surface area contributed by atoms with Gasteiger partial charge in [0.05, 0.1) is 34.4 Å². The van der Waals surface area contributed by atoms with Crippen molar-refractivity contribution in [1.82, 2.24) is 0 Å². The molecule has 0 rings (SSSR count). The lowest BCUT2D eigenvalue weighted by Gasteiger charge is -2.28. The van der Waals surface area contributed by atoms with Crippen LogP contribution < -0.4 is 4.89 Å². The third-order valence-corrected chi connectivity index (χ3v) is 8.03. The number of unbranched alkanes of at least 4 members (excludes halogenated alkanes) is 15. The van der Waals surface area contributed by atoms with Crippen molar-refractivity contribution in [3.63, 3.8) is 0 Å². The van der Waals surface area contributed by atoms with Crippen LogP contribution in [0.3, 0.4) is 0 Å². The van der Waals surface area contributed by atoms with Crippen molar-refractivity contribution in [2.45, 2.75) is 142 Å². The Hall–Kier alpha value is -0.760. The highest BCUT2D eigenvalue weighted by Gasteiger charge is 2.20. The van der Waals surface area contributed by atoms with Crippen LogP contribution in [0.1, 0.15) is 136 Å². The zero-order valence-electron chi connectivity index (χ0n) is 28.0. The molecule has 0 heterocycles. The van der Waals surface area contributed by atoms with Crippen LogP contribution in [0.4, 0.5) is 0 Å². The predicted molar refractivity (Wildman–Crippen MR) is 171 cm³/mol. The van der Waals surface area contributed by atoms with Crippen LogP contribution in [0.15, 0.2) is 12.2 Å². The van der Waals surface area contributed by atoms with E-state index in [2.05, 4.69) is 26.0 Å². The number of carbonyl (C=O) groups excluding carboxylic acids is 1. The van der Waals surface area contributed by atoms with E-state index in [4.69, 9.17) is 18.5 Å². The summed E-state index contributed by atoms with van der Waals surface area (Å²) in [5.41, 5.74) is 0. The van der Waals surface area contributed by atoms with E-state index >= 15 is 0 Å². The number of esters is 1. The van der Waals surface area contributed by atoms with Crippen LogP contribution in [0.25, 0.3) is 0 Å². The predicted octanol–water partition coefficient (Wildman–Crippen LogP) is 8.13. The van der Waals surface area contributed by atoms with Crippen molar-refractivity contribution in [3.05, 3.63) is 12.2 Å². The molecule has 0 aromatic heterocycles. The van der Waals surface area contributed by atoms with Gasteiger partial charge in [0.15, 0.2) is 0 Å². The molecule has 0 radical (unpaired) electrons. The first-order valence-corrected chi connectivity index (χ1v) is 18.4. The molecule has 9 heteroatoms. The molecule has 8 nitrogen and oxygen atoms in total. The number of ether oxygens (including phenoxy) is 2. The standard InChI is InChI=1S/C33H66NO7P/c1-6-8-10-12-14-16-17-18-19-20-22-24-26-33(35)41-32(30-38-28-25-23-21-15-13-11-9-7-2)31-40-42(36,37)39-29-27-34(3,4)5/h14,16,32H,6-13,15,17-31H2,1-5H3/b16-14-. The Bertz CT molecular complexity index is 696. The summed E-state index contributed by atoms with van der Waals surface area (Å²) in [6.07, 6.45) is 25.0. The fourth-order valence-electron chi connectivity index (χ4n) is 4.36. The summed E-state index contributed by atoms with van der Waals surface area (Å²) in [6, 6.07) is 0. The Morgan fingerprint density at radius 3 is 1.86 bits per heavy atom. The van der Waals surface area contributed by atoms with E-state index in [1.807, 2.05) is 21.1 Å². The Labute approximate surface area is 259 Å². The van der Waals surface area contributed by atoms with E-state index < -0.39 is 13.9 Å². The van der Waals surface area contributed by atoms with E-state index in [1.54, 1.807) is 0 Å². The minimum Gasteiger partial charge on any atom is -0.756 e. The first-order valence-electron chi connectivity index (χ1n) is 16.9. The lowest BCUT2D eigenvalue weighted by Crippen LogP contribution is -2.37. The number of carbonyl (C=O) groups is 1. The highest BCUT2D eigenvalue weighted by Crippen LogP contribution is 2.38. The van der Waals surface area contributed by atoms with Crippen molar-refractivity contribution >= 4 is 13.8 Å². The molecule has 0 saturated carbocycles. The molecule has 0 spiro atoms. The summed E-state index contributed by atoms with van der Waals surface area (Å²) in [4.78, 5) is 24.7. The van der Waals surface area contributed by atoms with Gasteiger partial charge in [-0.05, 0) is 38.5 Å². The highest BCUT2D eigenvalue weighted by molar-refractivity contribution is 7.45. The SMILES string of the molecule is CCCCC/C=C\CCCCCCCC(=O)OC(COCCCCCCCCCC)COP(=O)([O-])OCC[N+](C)(C)C. The van der Waals surface area contributed by atoms with Gasteiger partial charge in [-0.25, -0.2) is 0 Å². The molecule has 0 aliphatic carbocycles. The Morgan fingerprint density at radius 1 is 0.714 bits per heavy atom. The molecule has 42 heavy (non-hydrogen) atoms. The largest absolute Gasteiger partial charge is 0.756 e. The molecular weight excluding hydrogens is 553 g/mol. The van der Waals surface area contributed by atoms with Crippen LogP contribution in [0.2, 0.25) is 0 Å². The first-order chi connectivity index (χ1) is 20.1. The first kappa shape index (κ1) is 41.2. The average Bonchev–Trinajstić information content (AvgIpc) is 2.92. The Kier molecular flexibility index (Phi) is 27.3. The van der Waals surface area contributed by atoms with E-state index in [-0.39, 0.29) is 25.8 Å². The summed E-state index contributed by atoms with van der Waals surface area (Å²) >= 11 is 0. The summed E-state index contributed by atoms with van der Waals surface area (Å²) in [5.74, 6) is -0.346. The fraction of sp³-hybridized carbons (Fsp3) is 0.909. The zero-order valence-corrected chi connectivity index (χ0v) is 28.8. The zero-order chi connectivity index (χ0) is 31.4. The molecule has 250 valence electrons. The minimum atomic E-state index is -4.50. The number of phosphoric ester groups is 1. The van der Waals surface area contributed by atoms with Crippen LogP contribution in [-0.2, 0) is 27.9 Å². The van der Waals surface area contributed by atoms with E-state index in [1.165, 1.54) is 70.6 Å². The van der Waals surface area contributed by atoms with E-state index in [9.17, 15) is 14.3 Å². The number of rotatable bonds is 31. The van der Waals surface area contributed by atoms with E-state index in [0.717, 1.165) is 44.9 Å². The lowest BCUT2D eigenvalue weighted by molar-refractivity contribution is -0.870. The maximum Gasteiger partial charge on any atom is 0.306 e. The van der Waals surface area contributed by atoms with Crippen LogP contribution in [0.5, 0.6) is 0 Å². The van der Waals surface area contributed by atoms with Gasteiger partial charge in [-0.1, -0.05) is 103 Å². The van der Waals surface area contributed by atoms with E-state index in [0.29, 0.717) is 24.1 Å². The topological polar surface area (TPSA) is 94.1 Å². The van der Waals surface area contributed by atoms with Gasteiger partial charge in [0.2, 0.25) is 0 Å². The van der Waals surface area contributed by atoms with Crippen LogP contribution >= 0.6 is 7.82 Å². The normalized spacial score (nSPS) is 14.3. The molecule has 2 unspecified atom stereocenters. The molecule has 0 amide bonds. The smallest absolute Gasteiger partial charge is 0.306 e. The number of phosphoric acid groups is 1. The van der Waals surface area contributed by atoms with Gasteiger partial charge in [0, 0.05) is 13.0 Å². The second-order valence-electron chi connectivity index (χ2n) is 12.5. The Balaban J connectivity index is 4.36. The van der Waals surface area contributed by atoms with Gasteiger partial charge in [0.25, 0.3) is 7.82 Å². The maximum atomic E-state index is 12.5. The number of likely N-dealkylation sites (N-methyl/N-ethyl adjacent to an activating group) is 1. The van der Waals surface area contributed by atoms with Gasteiger partial charge < -0.3 is 27.9 Å². The monoisotopic (exact) mass is 619 g/mol. The van der Waals surface area contributed by atoms with Crippen molar-refractivity contribution in [2.75, 3.05) is 54.1 Å². The number of hydrogen-bond acceptors (Lipinski definition) is 7. The van der Waals surface area contributed by atoms with Gasteiger partial charge >= 0.3 is 5.97 Å². The Morgan fingerprint density at radius 2 is 1.24 bits per heavy atom. The molecular formula is C33H66NO7P. The summed E-state index contributed by atoms with van der Waals surface area (Å²) in [5, 5.41) is 0.